The van der Waals surface area contributed by atoms with Gasteiger partial charge < -0.3 is 20.4 Å². The maximum Gasteiger partial charge on any atom is 0.0690 e. The predicted molar refractivity (Wildman–Crippen MR) is 395 cm³/mol. The van der Waals surface area contributed by atoms with E-state index in [4.69, 9.17) is 0 Å². The van der Waals surface area contributed by atoms with E-state index in [-0.39, 0.29) is 46.1 Å². The highest BCUT2D eigenvalue weighted by Crippen LogP contribution is 2.60. The Morgan fingerprint density at radius 2 is 0.461 bits per heavy atom. The van der Waals surface area contributed by atoms with Crippen molar-refractivity contribution in [3.05, 3.63) is 23.3 Å². The van der Waals surface area contributed by atoms with E-state index < -0.39 is 0 Å². The van der Waals surface area contributed by atoms with Crippen molar-refractivity contribution in [1.29, 1.82) is 0 Å². The molecule has 6 atom stereocenters. The number of allylic oxidation sites excluding steroid dienone is 2. The van der Waals surface area contributed by atoms with Gasteiger partial charge >= 0.3 is 0 Å². The zero-order valence-corrected chi connectivity index (χ0v) is 62.2. The quantitative estimate of drug-likeness (QED) is 0.0361. The maximum atomic E-state index is 14.0. The summed E-state index contributed by atoms with van der Waals surface area (Å²) in [6.07, 6.45) is 83.6. The van der Waals surface area contributed by atoms with E-state index in [0.717, 1.165) is 148 Å². The third-order valence-electron chi connectivity index (χ3n) is 23.1. The van der Waals surface area contributed by atoms with E-state index in [9.17, 15) is 20.4 Å². The van der Waals surface area contributed by atoms with E-state index >= 15 is 0 Å². The number of aliphatic hydroxyl groups excluding tert-OH is 4. The maximum absolute atomic E-state index is 14.0. The Balaban J connectivity index is 3.03. The number of unbranched alkanes of at least 4 members (excludes halogenated alkanes) is 40. The van der Waals surface area contributed by atoms with Crippen LogP contribution in [0.1, 0.15) is 473 Å². The molecule has 0 bridgehead atoms. The molecule has 2 rings (SSSR count). The summed E-state index contributed by atoms with van der Waals surface area (Å²) in [5.41, 5.74) is 2.52. The Labute approximate surface area is 559 Å². The molecule has 4 N–H and O–H groups in total. The molecule has 528 valence electrons. The van der Waals surface area contributed by atoms with Crippen molar-refractivity contribution in [3.63, 3.8) is 0 Å². The number of hydrogen-bond donors (Lipinski definition) is 4. The molecule has 0 spiro atoms. The molecule has 0 fully saturated rings. The Morgan fingerprint density at radius 3 is 0.697 bits per heavy atom. The second kappa shape index (κ2) is 55.5. The fraction of sp³-hybridized carbons (Fsp3) is 0.953. The van der Waals surface area contributed by atoms with Gasteiger partial charge in [0.05, 0.1) is 24.4 Å². The molecule has 2 aliphatic carbocycles. The van der Waals surface area contributed by atoms with Crippen molar-refractivity contribution in [2.24, 2.45) is 21.7 Å². The third-order valence-corrected chi connectivity index (χ3v) is 23.1. The standard InChI is InChI=1S/C85H164O4/c1-9-17-25-31-37-43-51-63-82(64-52-44-38-32-26-18-10-2)72-76(74-84(80(82)88,67-55-47-41-35-29-21-13-5)69-57-49-61-78(86)59-23-15-7)71-77-73-83(65-53-45-39-33-27-19-11-3,66-54-46-40-34-28-20-12-4)81(89)85(75-77,68-56-48-42-36-30-22-14-6)70-58-50-62-79(87)60-24-16-8/h72-73,78-81,86-89H,9-71,74-75H2,1-8H3. The van der Waals surface area contributed by atoms with Crippen LogP contribution >= 0.6 is 0 Å². The van der Waals surface area contributed by atoms with Gasteiger partial charge in [0.2, 0.25) is 0 Å². The molecule has 0 amide bonds. The highest BCUT2D eigenvalue weighted by atomic mass is 16.3. The van der Waals surface area contributed by atoms with Crippen molar-refractivity contribution >= 4 is 0 Å². The fourth-order valence-electron chi connectivity index (χ4n) is 17.5. The highest BCUT2D eigenvalue weighted by Gasteiger charge is 2.54. The molecule has 0 aromatic rings. The predicted octanol–water partition coefficient (Wildman–Crippen LogP) is 27.8. The van der Waals surface area contributed by atoms with Crippen LogP contribution in [-0.2, 0) is 0 Å². The van der Waals surface area contributed by atoms with Gasteiger partial charge in [-0.05, 0) is 96.3 Å². The summed E-state index contributed by atoms with van der Waals surface area (Å²) < 4.78 is 0. The Hall–Kier alpha value is -0.680. The van der Waals surface area contributed by atoms with E-state index in [1.165, 1.54) is 270 Å². The molecule has 0 aromatic heterocycles. The molecule has 0 heterocycles. The minimum atomic E-state index is -0.343. The van der Waals surface area contributed by atoms with E-state index in [2.05, 4.69) is 67.5 Å². The molecule has 0 radical (unpaired) electrons. The van der Waals surface area contributed by atoms with Crippen molar-refractivity contribution in [1.82, 2.24) is 0 Å². The van der Waals surface area contributed by atoms with Crippen molar-refractivity contribution in [2.45, 2.75) is 497 Å². The van der Waals surface area contributed by atoms with Crippen molar-refractivity contribution in [2.75, 3.05) is 0 Å². The number of rotatable bonds is 66. The average molecular weight is 1250 g/mol. The molecule has 0 saturated heterocycles. The van der Waals surface area contributed by atoms with Gasteiger partial charge in [0.15, 0.2) is 0 Å². The minimum absolute atomic E-state index is 0.168. The Kier molecular flexibility index (Phi) is 52.6. The summed E-state index contributed by atoms with van der Waals surface area (Å²) in [6, 6.07) is 0. The van der Waals surface area contributed by atoms with Crippen LogP contribution in [0.2, 0.25) is 0 Å². The minimum Gasteiger partial charge on any atom is -0.393 e. The molecular weight excluding hydrogens is 1080 g/mol. The molecule has 2 aliphatic rings. The van der Waals surface area contributed by atoms with Crippen LogP contribution in [0.25, 0.3) is 0 Å². The third kappa shape index (κ3) is 36.9. The lowest BCUT2D eigenvalue weighted by Crippen LogP contribution is -2.51. The monoisotopic (exact) mass is 1250 g/mol. The summed E-state index contributed by atoms with van der Waals surface area (Å²) in [6.45, 7) is 18.5. The van der Waals surface area contributed by atoms with E-state index in [0.29, 0.717) is 0 Å². The normalized spacial score (nSPS) is 20.7. The zero-order chi connectivity index (χ0) is 64.8. The van der Waals surface area contributed by atoms with Crippen LogP contribution in [-0.4, -0.2) is 44.8 Å². The summed E-state index contributed by atoms with van der Waals surface area (Å²) >= 11 is 0. The lowest BCUT2D eigenvalue weighted by Gasteiger charge is -2.54. The first-order valence-electron chi connectivity index (χ1n) is 41.6. The second-order valence-corrected chi connectivity index (χ2v) is 31.4. The second-order valence-electron chi connectivity index (χ2n) is 31.4. The molecule has 4 heteroatoms. The zero-order valence-electron chi connectivity index (χ0n) is 62.2. The van der Waals surface area contributed by atoms with Gasteiger partial charge in [-0.2, -0.15) is 0 Å². The molecular formula is C85H164O4. The van der Waals surface area contributed by atoms with E-state index in [1.807, 2.05) is 0 Å². The average Bonchev–Trinajstić information content (AvgIpc) is 3.73. The largest absolute Gasteiger partial charge is 0.393 e. The smallest absolute Gasteiger partial charge is 0.0690 e. The van der Waals surface area contributed by atoms with Gasteiger partial charge in [-0.3, -0.25) is 0 Å². The van der Waals surface area contributed by atoms with Gasteiger partial charge in [-0.25, -0.2) is 0 Å². The van der Waals surface area contributed by atoms with Crippen LogP contribution in [0.5, 0.6) is 0 Å². The lowest BCUT2D eigenvalue weighted by atomic mass is 9.53. The summed E-state index contributed by atoms with van der Waals surface area (Å²) in [4.78, 5) is 0. The Morgan fingerprint density at radius 1 is 0.270 bits per heavy atom. The number of aliphatic hydroxyl groups is 4. The molecule has 0 aromatic carbocycles. The highest BCUT2D eigenvalue weighted by molar-refractivity contribution is 5.31. The van der Waals surface area contributed by atoms with Gasteiger partial charge in [0.25, 0.3) is 0 Å². The first-order chi connectivity index (χ1) is 43.4. The SMILES string of the molecule is CCCCCCCCCC1(CCCCCCCCC)C=C(CC2=CC(CCCCCCCCC)(CCCCCCCCC)C(O)C(CCCCCCCCC)(CCCCC(O)CCCC)C2)CC(CCCCCCCCC)(CCCCC(O)CCCC)C1O. The van der Waals surface area contributed by atoms with E-state index in [1.54, 1.807) is 11.1 Å². The van der Waals surface area contributed by atoms with Gasteiger partial charge in [-0.15, -0.1) is 0 Å². The molecule has 0 saturated carbocycles. The van der Waals surface area contributed by atoms with Crippen molar-refractivity contribution in [3.8, 4) is 0 Å². The van der Waals surface area contributed by atoms with Crippen molar-refractivity contribution < 1.29 is 20.4 Å². The summed E-state index contributed by atoms with van der Waals surface area (Å²) in [5.74, 6) is 0. The molecule has 4 nitrogen and oxygen atoms in total. The fourth-order valence-corrected chi connectivity index (χ4v) is 17.5. The van der Waals surface area contributed by atoms with Crippen LogP contribution < -0.4 is 0 Å². The molecule has 6 unspecified atom stereocenters. The van der Waals surface area contributed by atoms with Gasteiger partial charge in [-0.1, -0.05) is 400 Å². The summed E-state index contributed by atoms with van der Waals surface area (Å²) in [7, 11) is 0. The van der Waals surface area contributed by atoms with Crippen LogP contribution in [0.4, 0.5) is 0 Å². The van der Waals surface area contributed by atoms with Crippen LogP contribution in [0.3, 0.4) is 0 Å². The van der Waals surface area contributed by atoms with Gasteiger partial charge in [0.1, 0.15) is 0 Å². The van der Waals surface area contributed by atoms with Crippen LogP contribution in [0.15, 0.2) is 23.3 Å². The number of hydrogen-bond acceptors (Lipinski definition) is 4. The summed E-state index contributed by atoms with van der Waals surface area (Å²) in [5, 5.41) is 50.5. The van der Waals surface area contributed by atoms with Gasteiger partial charge in [0, 0.05) is 21.7 Å². The molecule has 89 heavy (non-hydrogen) atoms. The first-order valence-corrected chi connectivity index (χ1v) is 41.6. The molecule has 0 aliphatic heterocycles. The topological polar surface area (TPSA) is 80.9 Å². The Bertz CT molecular complexity index is 1460. The first kappa shape index (κ1) is 84.4. The van der Waals surface area contributed by atoms with Crippen LogP contribution in [0, 0.1) is 21.7 Å². The lowest BCUT2D eigenvalue weighted by molar-refractivity contribution is -0.0852.